The molecule has 0 saturated heterocycles. The molecule has 3 aromatic rings. The Labute approximate surface area is 167 Å². The minimum absolute atomic E-state index is 0.176. The van der Waals surface area contributed by atoms with Crippen molar-refractivity contribution in [3.63, 3.8) is 0 Å². The van der Waals surface area contributed by atoms with Gasteiger partial charge in [0.1, 0.15) is 5.84 Å². The summed E-state index contributed by atoms with van der Waals surface area (Å²) in [5.74, 6) is 0.614. The van der Waals surface area contributed by atoms with Gasteiger partial charge in [0.2, 0.25) is 0 Å². The average molecular weight is 410 g/mol. The molecule has 28 heavy (non-hydrogen) atoms. The summed E-state index contributed by atoms with van der Waals surface area (Å²) in [4.78, 5) is 0.949. The zero-order valence-corrected chi connectivity index (χ0v) is 17.1. The second-order valence-corrected chi connectivity index (χ2v) is 9.73. The Balaban J connectivity index is 1.87. The van der Waals surface area contributed by atoms with Crippen molar-refractivity contribution in [1.82, 2.24) is 0 Å². The molecule has 0 bridgehead atoms. The lowest BCUT2D eigenvalue weighted by Crippen LogP contribution is -2.20. The van der Waals surface area contributed by atoms with Crippen molar-refractivity contribution >= 4 is 32.4 Å². The van der Waals surface area contributed by atoms with Crippen molar-refractivity contribution in [2.75, 3.05) is 5.32 Å². The van der Waals surface area contributed by atoms with E-state index in [2.05, 4.69) is 13.5 Å². The smallest absolute Gasteiger partial charge is 0.289 e. The Morgan fingerprint density at radius 2 is 1.57 bits per heavy atom. The van der Waals surface area contributed by atoms with Gasteiger partial charge in [-0.15, -0.1) is 3.77 Å². The molecule has 3 aromatic carbocycles. The number of sulfonamides is 1. The van der Waals surface area contributed by atoms with Crippen LogP contribution >= 0.6 is 0 Å². The molecular formula is C21H19N3O2S2. The largest absolute Gasteiger partial charge is 0.338 e. The van der Waals surface area contributed by atoms with E-state index in [0.29, 0.717) is 5.84 Å². The monoisotopic (exact) mass is 409 g/mol. The van der Waals surface area contributed by atoms with Crippen LogP contribution in [0.2, 0.25) is 0 Å². The van der Waals surface area contributed by atoms with Gasteiger partial charge in [-0.1, -0.05) is 54.1 Å². The summed E-state index contributed by atoms with van der Waals surface area (Å²) in [6, 6.07) is 22.2. The quantitative estimate of drug-likeness (QED) is 0.685. The van der Waals surface area contributed by atoms with Gasteiger partial charge in [0, 0.05) is 5.56 Å². The number of amidine groups is 1. The first-order valence-electron chi connectivity index (χ1n) is 8.73. The molecule has 0 aromatic heterocycles. The standard InChI is InChI=1S/C21H19N3O2S2/c1-15-8-11-18(12-9-15)28(25,26)24-27-20-14-16(2)10-13-19(20)22-21(23-27)17-6-4-3-5-7-17/h3-14H,1-2H3,(H,22,23). The Hall–Kier alpha value is -2.77. The summed E-state index contributed by atoms with van der Waals surface area (Å²) in [6.45, 7) is 3.88. The van der Waals surface area contributed by atoms with Gasteiger partial charge in [-0.3, -0.25) is 0 Å². The molecular weight excluding hydrogens is 390 g/mol. The van der Waals surface area contributed by atoms with Gasteiger partial charge in [-0.05, 0) is 43.7 Å². The van der Waals surface area contributed by atoms with Crippen LogP contribution < -0.4 is 5.32 Å². The van der Waals surface area contributed by atoms with Crippen molar-refractivity contribution in [2.45, 2.75) is 23.6 Å². The molecule has 0 spiro atoms. The molecule has 0 radical (unpaired) electrons. The molecule has 1 aliphatic heterocycles. The molecule has 142 valence electrons. The summed E-state index contributed by atoms with van der Waals surface area (Å²) >= 11 is 0. The van der Waals surface area contributed by atoms with Crippen LogP contribution in [0.5, 0.6) is 0 Å². The number of benzene rings is 3. The Bertz CT molecular complexity index is 1200. The third kappa shape index (κ3) is 3.76. The van der Waals surface area contributed by atoms with Crippen LogP contribution in [0.1, 0.15) is 16.7 Å². The van der Waals surface area contributed by atoms with Gasteiger partial charge >= 0.3 is 0 Å². The van der Waals surface area contributed by atoms with Crippen molar-refractivity contribution in [2.24, 2.45) is 8.17 Å². The number of nitrogens with one attached hydrogen (secondary N) is 1. The van der Waals surface area contributed by atoms with Gasteiger partial charge in [0.25, 0.3) is 10.0 Å². The van der Waals surface area contributed by atoms with Crippen LogP contribution in [0.4, 0.5) is 5.69 Å². The van der Waals surface area contributed by atoms with E-state index in [-0.39, 0.29) is 4.90 Å². The van der Waals surface area contributed by atoms with Crippen LogP contribution in [0, 0.1) is 13.8 Å². The van der Waals surface area contributed by atoms with Crippen molar-refractivity contribution in [1.29, 1.82) is 0 Å². The fraction of sp³-hybridized carbons (Fsp3) is 0.0952. The fourth-order valence-corrected chi connectivity index (χ4v) is 5.85. The first-order valence-corrected chi connectivity index (χ1v) is 11.3. The molecule has 0 aliphatic carbocycles. The van der Waals surface area contributed by atoms with Crippen LogP contribution in [0.15, 0.2) is 90.8 Å². The van der Waals surface area contributed by atoms with Crippen molar-refractivity contribution in [3.8, 4) is 0 Å². The first-order chi connectivity index (χ1) is 13.4. The minimum Gasteiger partial charge on any atom is -0.338 e. The molecule has 1 heterocycles. The van der Waals surface area contributed by atoms with Gasteiger partial charge in [0.15, 0.2) is 0 Å². The average Bonchev–Trinajstić information content (AvgIpc) is 2.69. The zero-order chi connectivity index (χ0) is 19.7. The van der Waals surface area contributed by atoms with E-state index >= 15 is 0 Å². The molecule has 0 amide bonds. The van der Waals surface area contributed by atoms with E-state index in [0.717, 1.165) is 27.3 Å². The summed E-state index contributed by atoms with van der Waals surface area (Å²) < 4.78 is 34.6. The maximum Gasteiger partial charge on any atom is 0.289 e. The van der Waals surface area contributed by atoms with E-state index < -0.39 is 20.9 Å². The number of anilines is 1. The molecule has 0 saturated carbocycles. The summed E-state index contributed by atoms with van der Waals surface area (Å²) in [5, 5.41) is 3.31. The van der Waals surface area contributed by atoms with E-state index in [1.807, 2.05) is 62.4 Å². The van der Waals surface area contributed by atoms with Gasteiger partial charge in [-0.25, -0.2) is 0 Å². The topological polar surface area (TPSA) is 70.9 Å². The lowest BCUT2D eigenvalue weighted by Gasteiger charge is -2.20. The highest BCUT2D eigenvalue weighted by Gasteiger charge is 2.21. The third-order valence-corrected chi connectivity index (χ3v) is 7.60. The lowest BCUT2D eigenvalue weighted by atomic mass is 10.2. The maximum atomic E-state index is 12.9. The van der Waals surface area contributed by atoms with Crippen LogP contribution in [-0.2, 0) is 20.9 Å². The van der Waals surface area contributed by atoms with Gasteiger partial charge in [-0.2, -0.15) is 12.8 Å². The predicted octanol–water partition coefficient (Wildman–Crippen LogP) is 4.64. The predicted molar refractivity (Wildman–Crippen MR) is 114 cm³/mol. The number of rotatable bonds is 3. The first kappa shape index (κ1) is 18.6. The van der Waals surface area contributed by atoms with Crippen LogP contribution in [-0.4, -0.2) is 14.3 Å². The van der Waals surface area contributed by atoms with E-state index in [4.69, 9.17) is 0 Å². The normalized spacial score (nSPS) is 16.2. The zero-order valence-electron chi connectivity index (χ0n) is 15.5. The molecule has 5 nitrogen and oxygen atoms in total. The highest BCUT2D eigenvalue weighted by Crippen LogP contribution is 2.30. The maximum absolute atomic E-state index is 12.9. The highest BCUT2D eigenvalue weighted by atomic mass is 32.3. The van der Waals surface area contributed by atoms with Crippen LogP contribution in [0.25, 0.3) is 0 Å². The third-order valence-electron chi connectivity index (χ3n) is 4.30. The highest BCUT2D eigenvalue weighted by molar-refractivity contribution is 7.99. The number of fused-ring (bicyclic) bond motifs is 1. The Morgan fingerprint density at radius 1 is 0.893 bits per heavy atom. The van der Waals surface area contributed by atoms with Gasteiger partial charge < -0.3 is 5.32 Å². The fourth-order valence-electron chi connectivity index (χ4n) is 2.79. The van der Waals surface area contributed by atoms with E-state index in [1.165, 1.54) is 0 Å². The SMILES string of the molecule is Cc1ccc(S(=O)(=O)/N=S2\N=C(c3ccccc3)Nc3ccc(C)cc32)cc1. The number of nitrogens with zero attached hydrogens (tertiary/aromatic N) is 2. The second-order valence-electron chi connectivity index (χ2n) is 6.56. The molecule has 1 aliphatic rings. The molecule has 7 heteroatoms. The molecule has 4 rings (SSSR count). The van der Waals surface area contributed by atoms with E-state index in [9.17, 15) is 8.42 Å². The Morgan fingerprint density at radius 3 is 2.29 bits per heavy atom. The van der Waals surface area contributed by atoms with Crippen molar-refractivity contribution < 1.29 is 8.42 Å². The van der Waals surface area contributed by atoms with Crippen molar-refractivity contribution in [3.05, 3.63) is 89.5 Å². The molecule has 1 N–H and O–H groups in total. The summed E-state index contributed by atoms with van der Waals surface area (Å²) in [7, 11) is -5.01. The molecule has 0 fully saturated rings. The molecule has 1 unspecified atom stereocenters. The number of hydrogen-bond donors (Lipinski definition) is 1. The second kappa shape index (κ2) is 7.33. The van der Waals surface area contributed by atoms with Gasteiger partial charge in [0.05, 0.1) is 26.4 Å². The minimum atomic E-state index is -3.84. The molecule has 1 atom stereocenters. The number of hydrogen-bond acceptors (Lipinski definition) is 3. The number of aryl methyl sites for hydroxylation is 2. The van der Waals surface area contributed by atoms with E-state index in [1.54, 1.807) is 24.3 Å². The lowest BCUT2D eigenvalue weighted by molar-refractivity contribution is 0.598. The Kier molecular flexibility index (Phi) is 4.87. The summed E-state index contributed by atoms with van der Waals surface area (Å²) in [6.07, 6.45) is 0. The summed E-state index contributed by atoms with van der Waals surface area (Å²) in [5.41, 5.74) is 3.73. The van der Waals surface area contributed by atoms with Crippen LogP contribution in [0.3, 0.4) is 0 Å².